The molecular weight excluding hydrogens is 216 g/mol. The van der Waals surface area contributed by atoms with Crippen LogP contribution in [-0.4, -0.2) is 22.6 Å². The Morgan fingerprint density at radius 1 is 1.41 bits per heavy atom. The zero-order chi connectivity index (χ0) is 12.1. The number of aliphatic carboxylic acids is 1. The van der Waals surface area contributed by atoms with Gasteiger partial charge in [0.2, 0.25) is 0 Å². The van der Waals surface area contributed by atoms with E-state index in [4.69, 9.17) is 5.11 Å². The van der Waals surface area contributed by atoms with E-state index in [9.17, 15) is 4.79 Å². The molecule has 0 atom stereocenters. The molecule has 1 aromatic rings. The Bertz CT molecular complexity index is 340. The first-order valence-electron chi connectivity index (χ1n) is 6.31. The standard InChI is InChI=1S/C13H20N2O2/c16-13(17)12-3-1-10(2-4-12)7-15-9-11-5-6-14-8-11/h5-6,8,10,12,14-15H,1-4,7,9H2,(H,16,17). The maximum atomic E-state index is 10.8. The second-order valence-corrected chi connectivity index (χ2v) is 4.91. The lowest BCUT2D eigenvalue weighted by Gasteiger charge is -2.26. The van der Waals surface area contributed by atoms with Crippen LogP contribution in [0.25, 0.3) is 0 Å². The van der Waals surface area contributed by atoms with Gasteiger partial charge in [-0.2, -0.15) is 0 Å². The second-order valence-electron chi connectivity index (χ2n) is 4.91. The lowest BCUT2D eigenvalue weighted by molar-refractivity contribution is -0.143. The summed E-state index contributed by atoms with van der Waals surface area (Å²) in [6, 6.07) is 2.06. The molecule has 1 heterocycles. The minimum atomic E-state index is -0.622. The summed E-state index contributed by atoms with van der Waals surface area (Å²) < 4.78 is 0. The van der Waals surface area contributed by atoms with E-state index >= 15 is 0 Å². The third kappa shape index (κ3) is 3.60. The minimum absolute atomic E-state index is 0.101. The lowest BCUT2D eigenvalue weighted by Crippen LogP contribution is -2.28. The van der Waals surface area contributed by atoms with Crippen LogP contribution in [0.5, 0.6) is 0 Å². The van der Waals surface area contributed by atoms with E-state index in [1.807, 2.05) is 12.4 Å². The number of H-pyrrole nitrogens is 1. The number of aromatic nitrogens is 1. The number of rotatable bonds is 5. The molecule has 3 N–H and O–H groups in total. The summed E-state index contributed by atoms with van der Waals surface area (Å²) in [5.74, 6) is -0.0794. The second kappa shape index (κ2) is 5.87. The normalized spacial score (nSPS) is 24.7. The van der Waals surface area contributed by atoms with Gasteiger partial charge in [0.05, 0.1) is 5.92 Å². The first-order chi connectivity index (χ1) is 8.25. The first kappa shape index (κ1) is 12.2. The van der Waals surface area contributed by atoms with Gasteiger partial charge in [0.1, 0.15) is 0 Å². The van der Waals surface area contributed by atoms with Crippen LogP contribution in [0, 0.1) is 11.8 Å². The van der Waals surface area contributed by atoms with Gasteiger partial charge in [0, 0.05) is 18.9 Å². The largest absolute Gasteiger partial charge is 0.481 e. The molecule has 0 saturated heterocycles. The number of hydrogen-bond donors (Lipinski definition) is 3. The van der Waals surface area contributed by atoms with Crippen molar-refractivity contribution in [3.63, 3.8) is 0 Å². The zero-order valence-corrected chi connectivity index (χ0v) is 9.98. The van der Waals surface area contributed by atoms with Gasteiger partial charge in [-0.25, -0.2) is 0 Å². The fourth-order valence-electron chi connectivity index (χ4n) is 2.50. The molecule has 94 valence electrons. The van der Waals surface area contributed by atoms with Crippen molar-refractivity contribution in [3.05, 3.63) is 24.0 Å². The third-order valence-electron chi connectivity index (χ3n) is 3.62. The van der Waals surface area contributed by atoms with Gasteiger partial charge in [-0.05, 0) is 49.8 Å². The summed E-state index contributed by atoms with van der Waals surface area (Å²) >= 11 is 0. The smallest absolute Gasteiger partial charge is 0.306 e. The SMILES string of the molecule is O=C(O)C1CCC(CNCc2cc[nH]c2)CC1. The molecular formula is C13H20N2O2. The molecule has 1 saturated carbocycles. The van der Waals surface area contributed by atoms with Gasteiger partial charge in [0.15, 0.2) is 0 Å². The van der Waals surface area contributed by atoms with Crippen LogP contribution in [-0.2, 0) is 11.3 Å². The van der Waals surface area contributed by atoms with Gasteiger partial charge in [-0.15, -0.1) is 0 Å². The molecule has 0 unspecified atom stereocenters. The summed E-state index contributed by atoms with van der Waals surface area (Å²) in [5.41, 5.74) is 1.27. The molecule has 1 aromatic heterocycles. The Morgan fingerprint density at radius 2 is 2.18 bits per heavy atom. The predicted molar refractivity (Wildman–Crippen MR) is 65.6 cm³/mol. The molecule has 17 heavy (non-hydrogen) atoms. The van der Waals surface area contributed by atoms with Crippen LogP contribution < -0.4 is 5.32 Å². The van der Waals surface area contributed by atoms with E-state index in [0.717, 1.165) is 38.8 Å². The monoisotopic (exact) mass is 236 g/mol. The van der Waals surface area contributed by atoms with Crippen LogP contribution in [0.3, 0.4) is 0 Å². The first-order valence-corrected chi connectivity index (χ1v) is 6.31. The molecule has 4 heteroatoms. The number of carboxylic acid groups (broad SMARTS) is 1. The molecule has 1 aliphatic rings. The van der Waals surface area contributed by atoms with Crippen LogP contribution in [0.15, 0.2) is 18.5 Å². The maximum absolute atomic E-state index is 10.8. The zero-order valence-electron chi connectivity index (χ0n) is 9.98. The van der Waals surface area contributed by atoms with Crippen LogP contribution in [0.2, 0.25) is 0 Å². The quantitative estimate of drug-likeness (QED) is 0.732. The highest BCUT2D eigenvalue weighted by Crippen LogP contribution is 2.28. The summed E-state index contributed by atoms with van der Waals surface area (Å²) in [7, 11) is 0. The van der Waals surface area contributed by atoms with E-state index < -0.39 is 5.97 Å². The highest BCUT2D eigenvalue weighted by molar-refractivity contribution is 5.69. The Morgan fingerprint density at radius 3 is 2.76 bits per heavy atom. The van der Waals surface area contributed by atoms with Crippen LogP contribution >= 0.6 is 0 Å². The number of carboxylic acids is 1. The summed E-state index contributed by atoms with van der Waals surface area (Å²) in [6.45, 7) is 1.89. The average molecular weight is 236 g/mol. The lowest BCUT2D eigenvalue weighted by atomic mass is 9.82. The van der Waals surface area contributed by atoms with Crippen LogP contribution in [0.4, 0.5) is 0 Å². The molecule has 0 radical (unpaired) electrons. The molecule has 0 aromatic carbocycles. The van der Waals surface area contributed by atoms with Crippen molar-refractivity contribution in [3.8, 4) is 0 Å². The predicted octanol–water partition coefficient (Wildman–Crippen LogP) is 2.00. The molecule has 1 aliphatic carbocycles. The Hall–Kier alpha value is -1.29. The van der Waals surface area contributed by atoms with Crippen molar-refractivity contribution in [2.45, 2.75) is 32.2 Å². The van der Waals surface area contributed by atoms with Gasteiger partial charge in [0.25, 0.3) is 0 Å². The van der Waals surface area contributed by atoms with Crippen molar-refractivity contribution in [2.24, 2.45) is 11.8 Å². The van der Waals surface area contributed by atoms with E-state index in [1.165, 1.54) is 5.56 Å². The maximum Gasteiger partial charge on any atom is 0.306 e. The van der Waals surface area contributed by atoms with Gasteiger partial charge >= 0.3 is 5.97 Å². The number of nitrogens with one attached hydrogen (secondary N) is 2. The highest BCUT2D eigenvalue weighted by atomic mass is 16.4. The van der Waals surface area contributed by atoms with Gasteiger partial charge < -0.3 is 15.4 Å². The van der Waals surface area contributed by atoms with Gasteiger partial charge in [-0.3, -0.25) is 4.79 Å². The van der Waals surface area contributed by atoms with E-state index in [2.05, 4.69) is 16.4 Å². The summed E-state index contributed by atoms with van der Waals surface area (Å²) in [5, 5.41) is 12.3. The van der Waals surface area contributed by atoms with E-state index in [0.29, 0.717) is 5.92 Å². The number of aromatic amines is 1. The Labute approximate surface area is 101 Å². The topological polar surface area (TPSA) is 65.1 Å². The summed E-state index contributed by atoms with van der Waals surface area (Å²) in [4.78, 5) is 13.8. The molecule has 2 rings (SSSR count). The van der Waals surface area contributed by atoms with Crippen LogP contribution in [0.1, 0.15) is 31.2 Å². The summed E-state index contributed by atoms with van der Waals surface area (Å²) in [6.07, 6.45) is 7.68. The fraction of sp³-hybridized carbons (Fsp3) is 0.615. The molecule has 4 nitrogen and oxygen atoms in total. The van der Waals surface area contributed by atoms with Crippen molar-refractivity contribution in [1.29, 1.82) is 0 Å². The Balaban J connectivity index is 1.63. The highest BCUT2D eigenvalue weighted by Gasteiger charge is 2.25. The van der Waals surface area contributed by atoms with Crippen molar-refractivity contribution >= 4 is 5.97 Å². The van der Waals surface area contributed by atoms with Gasteiger partial charge in [-0.1, -0.05) is 0 Å². The molecule has 0 amide bonds. The fourth-order valence-corrected chi connectivity index (χ4v) is 2.50. The average Bonchev–Trinajstić information content (AvgIpc) is 2.83. The van der Waals surface area contributed by atoms with E-state index in [1.54, 1.807) is 0 Å². The van der Waals surface area contributed by atoms with E-state index in [-0.39, 0.29) is 5.92 Å². The third-order valence-corrected chi connectivity index (χ3v) is 3.62. The molecule has 0 bridgehead atoms. The van der Waals surface area contributed by atoms with Crippen molar-refractivity contribution in [2.75, 3.05) is 6.54 Å². The van der Waals surface area contributed by atoms with Crippen molar-refractivity contribution in [1.82, 2.24) is 10.3 Å². The molecule has 1 fully saturated rings. The molecule has 0 aliphatic heterocycles. The van der Waals surface area contributed by atoms with Crippen molar-refractivity contribution < 1.29 is 9.90 Å². The number of hydrogen-bond acceptors (Lipinski definition) is 2. The number of carbonyl (C=O) groups is 1. The minimum Gasteiger partial charge on any atom is -0.481 e. The molecule has 0 spiro atoms. The Kier molecular flexibility index (Phi) is 4.20.